The van der Waals surface area contributed by atoms with Crippen LogP contribution in [0.25, 0.3) is 0 Å². The summed E-state index contributed by atoms with van der Waals surface area (Å²) in [5.74, 6) is -2.32. The molecule has 0 spiro atoms. The quantitative estimate of drug-likeness (QED) is 0.371. The lowest BCUT2D eigenvalue weighted by Crippen LogP contribution is -2.42. The zero-order chi connectivity index (χ0) is 24.6. The van der Waals surface area contributed by atoms with E-state index >= 15 is 0 Å². The fourth-order valence-corrected chi connectivity index (χ4v) is 5.44. The summed E-state index contributed by atoms with van der Waals surface area (Å²) in [5, 5.41) is 0. The summed E-state index contributed by atoms with van der Waals surface area (Å²) < 4.78 is 7.21. The van der Waals surface area contributed by atoms with Crippen LogP contribution in [0, 0.1) is 5.92 Å². The largest absolute Gasteiger partial charge is 0.446 e. The number of ether oxygens (including phenoxy) is 1. The summed E-state index contributed by atoms with van der Waals surface area (Å²) in [7, 11) is 0. The van der Waals surface area contributed by atoms with Crippen molar-refractivity contribution in [3.8, 4) is 0 Å². The van der Waals surface area contributed by atoms with Crippen LogP contribution in [0.5, 0.6) is 0 Å². The van der Waals surface area contributed by atoms with Crippen molar-refractivity contribution < 1.29 is 19.1 Å². The Balaban J connectivity index is 1.42. The Labute approximate surface area is 208 Å². The van der Waals surface area contributed by atoms with Crippen LogP contribution in [0.1, 0.15) is 44.7 Å². The molecule has 178 valence electrons. The molecule has 2 amide bonds. The van der Waals surface area contributed by atoms with E-state index in [9.17, 15) is 14.4 Å². The molecule has 1 fully saturated rings. The molecule has 2 aliphatic rings. The van der Waals surface area contributed by atoms with E-state index < -0.39 is 29.9 Å². The lowest BCUT2D eigenvalue weighted by Gasteiger charge is -2.26. The number of aromatic nitrogens is 1. The average molecular weight is 477 g/mol. The summed E-state index contributed by atoms with van der Waals surface area (Å²) >= 11 is 0. The third-order valence-electron chi connectivity index (χ3n) is 7.09. The molecule has 0 N–H and O–H groups in total. The molecule has 0 radical (unpaired) electrons. The number of benzene rings is 3. The van der Waals surface area contributed by atoms with Gasteiger partial charge in [0.1, 0.15) is 18.6 Å². The maximum atomic E-state index is 14.1. The molecule has 0 saturated carbocycles. The highest BCUT2D eigenvalue weighted by atomic mass is 16.6. The average Bonchev–Trinajstić information content (AvgIpc) is 3.59. The van der Waals surface area contributed by atoms with Crippen molar-refractivity contribution in [3.63, 3.8) is 0 Å². The van der Waals surface area contributed by atoms with E-state index in [1.54, 1.807) is 0 Å². The van der Waals surface area contributed by atoms with Gasteiger partial charge in [-0.15, -0.1) is 0 Å². The van der Waals surface area contributed by atoms with Gasteiger partial charge in [-0.2, -0.15) is 0 Å². The SMILES string of the molecule is O=C1c2c(ccn2Cc2ccccc2)[C@@H](c2ccccc2)[C@H]1C(=O)N1C(=O)OC[C@@H]1c1ccccc1. The Morgan fingerprint density at radius 2 is 1.42 bits per heavy atom. The molecule has 4 aromatic rings. The molecule has 1 aromatic heterocycles. The number of rotatable bonds is 5. The zero-order valence-electron chi connectivity index (χ0n) is 19.5. The Morgan fingerprint density at radius 1 is 0.806 bits per heavy atom. The van der Waals surface area contributed by atoms with Gasteiger partial charge in [0.25, 0.3) is 0 Å². The molecule has 1 aliphatic carbocycles. The first-order valence-corrected chi connectivity index (χ1v) is 12.0. The number of amides is 2. The van der Waals surface area contributed by atoms with Crippen molar-refractivity contribution in [3.05, 3.63) is 131 Å². The maximum Gasteiger partial charge on any atom is 0.417 e. The van der Waals surface area contributed by atoms with Gasteiger partial charge >= 0.3 is 6.09 Å². The molecule has 36 heavy (non-hydrogen) atoms. The molecule has 3 aromatic carbocycles. The topological polar surface area (TPSA) is 68.6 Å². The molecular formula is C30H24N2O4. The lowest BCUT2D eigenvalue weighted by molar-refractivity contribution is -0.132. The van der Waals surface area contributed by atoms with E-state index in [4.69, 9.17) is 4.74 Å². The first kappa shape index (κ1) is 22.0. The summed E-state index contributed by atoms with van der Waals surface area (Å²) in [6.45, 7) is 0.585. The van der Waals surface area contributed by atoms with Crippen LogP contribution in [0.3, 0.4) is 0 Å². The molecular weight excluding hydrogens is 452 g/mol. The predicted octanol–water partition coefficient (Wildman–Crippen LogP) is 5.20. The van der Waals surface area contributed by atoms with Crippen LogP contribution >= 0.6 is 0 Å². The van der Waals surface area contributed by atoms with E-state index in [2.05, 4.69) is 0 Å². The second-order valence-electron chi connectivity index (χ2n) is 9.18. The van der Waals surface area contributed by atoms with E-state index in [-0.39, 0.29) is 12.4 Å². The van der Waals surface area contributed by atoms with Crippen molar-refractivity contribution in [2.45, 2.75) is 18.5 Å². The van der Waals surface area contributed by atoms with Crippen molar-refractivity contribution in [2.24, 2.45) is 5.92 Å². The lowest BCUT2D eigenvalue weighted by atomic mass is 9.84. The van der Waals surface area contributed by atoms with Gasteiger partial charge in [-0.3, -0.25) is 9.59 Å². The van der Waals surface area contributed by atoms with Crippen molar-refractivity contribution in [1.82, 2.24) is 9.47 Å². The third kappa shape index (κ3) is 3.62. The van der Waals surface area contributed by atoms with Gasteiger partial charge < -0.3 is 9.30 Å². The number of imide groups is 1. The smallest absolute Gasteiger partial charge is 0.417 e. The summed E-state index contributed by atoms with van der Waals surface area (Å²) in [5.41, 5.74) is 4.05. The molecule has 2 heterocycles. The van der Waals surface area contributed by atoms with Gasteiger partial charge in [0, 0.05) is 18.7 Å². The number of Topliss-reactive ketones (excluding diaryl/α,β-unsaturated/α-hetero) is 1. The molecule has 6 nitrogen and oxygen atoms in total. The van der Waals surface area contributed by atoms with Crippen molar-refractivity contribution >= 4 is 17.8 Å². The fourth-order valence-electron chi connectivity index (χ4n) is 5.44. The molecule has 1 aliphatic heterocycles. The molecule has 0 bridgehead atoms. The number of fused-ring (bicyclic) bond motifs is 1. The normalized spacial score (nSPS) is 20.9. The highest BCUT2D eigenvalue weighted by Crippen LogP contribution is 2.45. The van der Waals surface area contributed by atoms with Crippen LogP contribution in [0.15, 0.2) is 103 Å². The molecule has 1 saturated heterocycles. The number of cyclic esters (lactones) is 1. The van der Waals surface area contributed by atoms with Gasteiger partial charge in [-0.25, -0.2) is 9.69 Å². The van der Waals surface area contributed by atoms with Gasteiger partial charge in [-0.1, -0.05) is 91.0 Å². The van der Waals surface area contributed by atoms with Gasteiger partial charge in [-0.05, 0) is 28.3 Å². The number of carbonyl (C=O) groups excluding carboxylic acids is 3. The highest BCUT2D eigenvalue weighted by Gasteiger charge is 2.52. The maximum absolute atomic E-state index is 14.1. The van der Waals surface area contributed by atoms with Crippen LogP contribution in [-0.2, 0) is 16.1 Å². The zero-order valence-corrected chi connectivity index (χ0v) is 19.5. The van der Waals surface area contributed by atoms with Crippen molar-refractivity contribution in [1.29, 1.82) is 0 Å². The minimum atomic E-state index is -1.04. The first-order chi connectivity index (χ1) is 17.6. The van der Waals surface area contributed by atoms with Crippen LogP contribution in [-0.4, -0.2) is 33.9 Å². The van der Waals surface area contributed by atoms with Crippen LogP contribution in [0.2, 0.25) is 0 Å². The van der Waals surface area contributed by atoms with Crippen LogP contribution < -0.4 is 0 Å². The predicted molar refractivity (Wildman–Crippen MR) is 133 cm³/mol. The number of hydrogen-bond acceptors (Lipinski definition) is 4. The summed E-state index contributed by atoms with van der Waals surface area (Å²) in [6, 6.07) is 30.1. The minimum absolute atomic E-state index is 0.0681. The third-order valence-corrected chi connectivity index (χ3v) is 7.09. The Kier molecular flexibility index (Phi) is 5.49. The molecule has 0 unspecified atom stereocenters. The second-order valence-corrected chi connectivity index (χ2v) is 9.18. The first-order valence-electron chi connectivity index (χ1n) is 12.0. The van der Waals surface area contributed by atoms with Gasteiger partial charge in [0.05, 0.1) is 5.69 Å². The van der Waals surface area contributed by atoms with Crippen molar-refractivity contribution in [2.75, 3.05) is 6.61 Å². The van der Waals surface area contributed by atoms with Gasteiger partial charge in [0.15, 0.2) is 5.78 Å². The van der Waals surface area contributed by atoms with E-state index in [0.717, 1.165) is 27.2 Å². The Morgan fingerprint density at radius 3 is 2.08 bits per heavy atom. The Bertz CT molecular complexity index is 1430. The minimum Gasteiger partial charge on any atom is -0.446 e. The standard InChI is InChI=1S/C30H24N2O4/c33-28-26(29(34)32-24(19-36-30(32)35)21-12-6-2-7-13-21)25(22-14-8-3-9-15-22)23-16-17-31(27(23)28)18-20-10-4-1-5-11-20/h1-17,24-26H,18-19H2/t24-,25-,26-/m1/s1. The monoisotopic (exact) mass is 476 g/mol. The number of ketones is 1. The number of hydrogen-bond donors (Lipinski definition) is 0. The summed E-state index contributed by atoms with van der Waals surface area (Å²) in [6.07, 6.45) is 1.19. The van der Waals surface area contributed by atoms with E-state index in [0.29, 0.717) is 12.2 Å². The number of nitrogens with zero attached hydrogens (tertiary/aromatic N) is 2. The van der Waals surface area contributed by atoms with Gasteiger partial charge in [0.2, 0.25) is 5.91 Å². The summed E-state index contributed by atoms with van der Waals surface area (Å²) in [4.78, 5) is 42.0. The highest BCUT2D eigenvalue weighted by molar-refractivity contribution is 6.16. The molecule has 6 rings (SSSR count). The van der Waals surface area contributed by atoms with E-state index in [1.807, 2.05) is 108 Å². The number of carbonyl (C=O) groups is 3. The van der Waals surface area contributed by atoms with E-state index in [1.165, 1.54) is 0 Å². The fraction of sp³-hybridized carbons (Fsp3) is 0.167. The Hall–Kier alpha value is -4.45. The molecule has 3 atom stereocenters. The van der Waals surface area contributed by atoms with Crippen LogP contribution in [0.4, 0.5) is 4.79 Å². The second kappa shape index (κ2) is 8.96. The molecule has 6 heteroatoms.